The quantitative estimate of drug-likeness (QED) is 0.808. The molecule has 0 saturated carbocycles. The third-order valence-electron chi connectivity index (χ3n) is 3.15. The van der Waals surface area contributed by atoms with Crippen LogP contribution in [0.1, 0.15) is 16.1 Å². The van der Waals surface area contributed by atoms with E-state index < -0.39 is 0 Å². The minimum atomic E-state index is -0.130. The molecule has 0 fully saturated rings. The average molecular weight is 239 g/mol. The molecule has 0 radical (unpaired) electrons. The number of rotatable bonds is 2. The van der Waals surface area contributed by atoms with Crippen molar-refractivity contribution in [3.63, 3.8) is 0 Å². The minimum absolute atomic E-state index is 0.130. The maximum Gasteiger partial charge on any atom is 0.173 e. The first-order valence-corrected chi connectivity index (χ1v) is 6.00. The molecule has 0 bridgehead atoms. The normalized spacial score (nSPS) is 18.0. The van der Waals surface area contributed by atoms with Gasteiger partial charge < -0.3 is 4.74 Å². The monoisotopic (exact) mass is 239 g/mol. The third-order valence-corrected chi connectivity index (χ3v) is 3.15. The van der Waals surface area contributed by atoms with Crippen LogP contribution in [0.3, 0.4) is 0 Å². The number of pyridine rings is 1. The molecular weight excluding hydrogens is 226 g/mol. The maximum atomic E-state index is 12.3. The van der Waals surface area contributed by atoms with Crippen LogP contribution in [-0.4, -0.2) is 17.4 Å². The lowest BCUT2D eigenvalue weighted by atomic mass is 9.91. The molecule has 3 rings (SSSR count). The summed E-state index contributed by atoms with van der Waals surface area (Å²) in [5.74, 6) is 0.720. The molecule has 0 aliphatic carbocycles. The van der Waals surface area contributed by atoms with Crippen molar-refractivity contribution in [3.05, 3.63) is 59.9 Å². The van der Waals surface area contributed by atoms with Gasteiger partial charge >= 0.3 is 0 Å². The number of aromatic nitrogens is 1. The molecule has 1 aliphatic rings. The van der Waals surface area contributed by atoms with Crippen LogP contribution in [-0.2, 0) is 6.42 Å². The highest BCUT2D eigenvalue weighted by Gasteiger charge is 2.28. The zero-order chi connectivity index (χ0) is 12.4. The summed E-state index contributed by atoms with van der Waals surface area (Å²) in [6.45, 7) is 0.437. The van der Waals surface area contributed by atoms with Gasteiger partial charge in [-0.05, 0) is 24.3 Å². The Bertz CT molecular complexity index is 566. The maximum absolute atomic E-state index is 12.3. The van der Waals surface area contributed by atoms with Crippen LogP contribution >= 0.6 is 0 Å². The molecule has 0 saturated heterocycles. The third kappa shape index (κ3) is 1.99. The van der Waals surface area contributed by atoms with Gasteiger partial charge in [-0.25, -0.2) is 0 Å². The molecular formula is C15H13NO2. The standard InChI is InChI=1S/C15H13NO2/c17-15-11(9-12-5-3-4-8-16-12)10-18-14-7-2-1-6-13(14)15/h1-8,11H,9-10H2. The van der Waals surface area contributed by atoms with Gasteiger partial charge in [0.1, 0.15) is 5.75 Å². The van der Waals surface area contributed by atoms with E-state index in [1.807, 2.05) is 42.5 Å². The predicted octanol–water partition coefficient (Wildman–Crippen LogP) is 2.52. The largest absolute Gasteiger partial charge is 0.492 e. The first-order valence-electron chi connectivity index (χ1n) is 6.00. The Morgan fingerprint density at radius 1 is 1.17 bits per heavy atom. The SMILES string of the molecule is O=C1c2ccccc2OCC1Cc1ccccn1. The minimum Gasteiger partial charge on any atom is -0.492 e. The Balaban J connectivity index is 1.83. The summed E-state index contributed by atoms with van der Waals surface area (Å²) in [5.41, 5.74) is 1.61. The molecule has 0 spiro atoms. The highest BCUT2D eigenvalue weighted by Crippen LogP contribution is 2.28. The lowest BCUT2D eigenvalue weighted by Crippen LogP contribution is -2.29. The molecule has 1 atom stereocenters. The van der Waals surface area contributed by atoms with Crippen molar-refractivity contribution in [1.29, 1.82) is 0 Å². The number of ketones is 1. The fourth-order valence-electron chi connectivity index (χ4n) is 2.20. The summed E-state index contributed by atoms with van der Waals surface area (Å²) in [6, 6.07) is 13.1. The van der Waals surface area contributed by atoms with E-state index in [1.54, 1.807) is 6.20 Å². The van der Waals surface area contributed by atoms with E-state index >= 15 is 0 Å². The number of ether oxygens (including phenoxy) is 1. The van der Waals surface area contributed by atoms with E-state index in [4.69, 9.17) is 4.74 Å². The molecule has 0 amide bonds. The average Bonchev–Trinajstić information content (AvgIpc) is 2.43. The molecule has 1 aromatic carbocycles. The van der Waals surface area contributed by atoms with Gasteiger partial charge in [-0.2, -0.15) is 0 Å². The van der Waals surface area contributed by atoms with Gasteiger partial charge in [0.05, 0.1) is 18.1 Å². The molecule has 1 aliphatic heterocycles. The molecule has 1 unspecified atom stereocenters. The molecule has 0 N–H and O–H groups in total. The van der Waals surface area contributed by atoms with E-state index in [0.717, 1.165) is 5.69 Å². The highest BCUT2D eigenvalue weighted by molar-refractivity contribution is 6.01. The second-order valence-corrected chi connectivity index (χ2v) is 4.39. The second kappa shape index (κ2) is 4.61. The zero-order valence-corrected chi connectivity index (χ0v) is 9.87. The Labute approximate surface area is 105 Å². The summed E-state index contributed by atoms with van der Waals surface area (Å²) in [7, 11) is 0. The van der Waals surface area contributed by atoms with Crippen LogP contribution in [0.4, 0.5) is 0 Å². The van der Waals surface area contributed by atoms with E-state index in [1.165, 1.54) is 0 Å². The van der Waals surface area contributed by atoms with Crippen molar-refractivity contribution in [3.8, 4) is 5.75 Å². The number of benzene rings is 1. The van der Waals surface area contributed by atoms with E-state index in [-0.39, 0.29) is 11.7 Å². The Kier molecular flexibility index (Phi) is 2.81. The van der Waals surface area contributed by atoms with Gasteiger partial charge in [-0.1, -0.05) is 18.2 Å². The molecule has 2 aromatic rings. The molecule has 3 nitrogen and oxygen atoms in total. The number of carbonyl (C=O) groups excluding carboxylic acids is 1. The predicted molar refractivity (Wildman–Crippen MR) is 67.7 cm³/mol. The van der Waals surface area contributed by atoms with Crippen LogP contribution in [0.5, 0.6) is 5.75 Å². The van der Waals surface area contributed by atoms with Crippen LogP contribution in [0.15, 0.2) is 48.7 Å². The fourth-order valence-corrected chi connectivity index (χ4v) is 2.20. The van der Waals surface area contributed by atoms with Crippen LogP contribution in [0.25, 0.3) is 0 Å². The number of para-hydroxylation sites is 1. The lowest BCUT2D eigenvalue weighted by molar-refractivity contribution is 0.0829. The molecule has 1 aromatic heterocycles. The van der Waals surface area contributed by atoms with Gasteiger partial charge in [0.2, 0.25) is 0 Å². The van der Waals surface area contributed by atoms with E-state index in [9.17, 15) is 4.79 Å². The number of hydrogen-bond acceptors (Lipinski definition) is 3. The summed E-state index contributed by atoms with van der Waals surface area (Å²) in [5, 5.41) is 0. The van der Waals surface area contributed by atoms with Crippen molar-refractivity contribution in [2.24, 2.45) is 5.92 Å². The van der Waals surface area contributed by atoms with Gasteiger partial charge in [-0.3, -0.25) is 9.78 Å². The Hall–Kier alpha value is -2.16. The number of hydrogen-bond donors (Lipinski definition) is 0. The number of carbonyl (C=O) groups is 1. The van der Waals surface area contributed by atoms with Crippen LogP contribution < -0.4 is 4.74 Å². The van der Waals surface area contributed by atoms with Crippen molar-refractivity contribution >= 4 is 5.78 Å². The number of Topliss-reactive ketones (excluding diaryl/α,β-unsaturated/α-hetero) is 1. The molecule has 3 heteroatoms. The summed E-state index contributed by atoms with van der Waals surface area (Å²) >= 11 is 0. The van der Waals surface area contributed by atoms with Crippen molar-refractivity contribution < 1.29 is 9.53 Å². The van der Waals surface area contributed by atoms with Gasteiger partial charge in [0.25, 0.3) is 0 Å². The Morgan fingerprint density at radius 3 is 2.83 bits per heavy atom. The van der Waals surface area contributed by atoms with Crippen molar-refractivity contribution in [2.45, 2.75) is 6.42 Å². The van der Waals surface area contributed by atoms with E-state index in [2.05, 4.69) is 4.98 Å². The molecule has 2 heterocycles. The summed E-state index contributed by atoms with van der Waals surface area (Å²) in [6.07, 6.45) is 2.38. The van der Waals surface area contributed by atoms with Crippen LogP contribution in [0.2, 0.25) is 0 Å². The summed E-state index contributed by atoms with van der Waals surface area (Å²) < 4.78 is 5.63. The van der Waals surface area contributed by atoms with Crippen molar-refractivity contribution in [1.82, 2.24) is 4.98 Å². The van der Waals surface area contributed by atoms with Crippen LogP contribution in [0, 0.1) is 5.92 Å². The number of fused-ring (bicyclic) bond motifs is 1. The smallest absolute Gasteiger partial charge is 0.173 e. The lowest BCUT2D eigenvalue weighted by Gasteiger charge is -2.23. The first-order chi connectivity index (χ1) is 8.84. The first kappa shape index (κ1) is 11.0. The Morgan fingerprint density at radius 2 is 2.00 bits per heavy atom. The van der Waals surface area contributed by atoms with Gasteiger partial charge in [0.15, 0.2) is 5.78 Å². The second-order valence-electron chi connectivity index (χ2n) is 4.39. The number of nitrogens with zero attached hydrogens (tertiary/aromatic N) is 1. The molecule has 18 heavy (non-hydrogen) atoms. The zero-order valence-electron chi connectivity index (χ0n) is 9.87. The van der Waals surface area contributed by atoms with Crippen molar-refractivity contribution in [2.75, 3.05) is 6.61 Å². The van der Waals surface area contributed by atoms with Gasteiger partial charge in [0, 0.05) is 18.3 Å². The van der Waals surface area contributed by atoms with Gasteiger partial charge in [-0.15, -0.1) is 0 Å². The van der Waals surface area contributed by atoms with E-state index in [0.29, 0.717) is 24.3 Å². The summed E-state index contributed by atoms with van der Waals surface area (Å²) in [4.78, 5) is 16.6. The molecule has 90 valence electrons. The highest BCUT2D eigenvalue weighted by atomic mass is 16.5. The fraction of sp³-hybridized carbons (Fsp3) is 0.200. The topological polar surface area (TPSA) is 39.2 Å².